The second-order valence-corrected chi connectivity index (χ2v) is 9.47. The maximum atomic E-state index is 13.0. The Morgan fingerprint density at radius 3 is 2.71 bits per heavy atom. The number of likely N-dealkylation sites (N-methyl/N-ethyl adjacent to an activating group) is 1. The molecule has 31 heavy (non-hydrogen) atoms. The number of hydrogen-bond donors (Lipinski definition) is 2. The molecule has 1 aromatic rings. The van der Waals surface area contributed by atoms with E-state index < -0.39 is 11.7 Å². The maximum absolute atomic E-state index is 13.0. The van der Waals surface area contributed by atoms with E-state index in [-0.39, 0.29) is 23.8 Å². The minimum absolute atomic E-state index is 0.0204. The van der Waals surface area contributed by atoms with Crippen molar-refractivity contribution in [1.29, 1.82) is 0 Å². The number of anilines is 1. The summed E-state index contributed by atoms with van der Waals surface area (Å²) in [5.41, 5.74) is 1.41. The molecular weight excluding hydrogens is 396 g/mol. The highest BCUT2D eigenvalue weighted by atomic mass is 16.6. The van der Waals surface area contributed by atoms with E-state index in [1.165, 1.54) is 0 Å². The van der Waals surface area contributed by atoms with E-state index in [1.54, 1.807) is 0 Å². The Balaban J connectivity index is 1.55. The van der Waals surface area contributed by atoms with Crippen LogP contribution in [0.25, 0.3) is 0 Å². The predicted octanol–water partition coefficient (Wildman–Crippen LogP) is 2.24. The van der Waals surface area contributed by atoms with Crippen LogP contribution in [-0.2, 0) is 20.7 Å². The average Bonchev–Trinajstić information content (AvgIpc) is 2.69. The summed E-state index contributed by atoms with van der Waals surface area (Å²) in [6.45, 7) is 7.85. The van der Waals surface area contributed by atoms with E-state index >= 15 is 0 Å². The zero-order chi connectivity index (χ0) is 22.6. The molecule has 2 heterocycles. The van der Waals surface area contributed by atoms with Gasteiger partial charge in [-0.2, -0.15) is 0 Å². The van der Waals surface area contributed by atoms with E-state index in [9.17, 15) is 14.4 Å². The molecule has 8 heteroatoms. The highest BCUT2D eigenvalue weighted by Crippen LogP contribution is 2.28. The van der Waals surface area contributed by atoms with E-state index in [1.807, 2.05) is 57.0 Å². The Hall–Kier alpha value is -2.61. The summed E-state index contributed by atoms with van der Waals surface area (Å²) in [6, 6.07) is 7.66. The van der Waals surface area contributed by atoms with E-state index in [0.717, 1.165) is 17.8 Å². The van der Waals surface area contributed by atoms with E-state index in [0.29, 0.717) is 38.9 Å². The molecule has 0 radical (unpaired) electrons. The van der Waals surface area contributed by atoms with Gasteiger partial charge in [-0.15, -0.1) is 0 Å². The molecule has 3 amide bonds. The molecule has 0 bridgehead atoms. The third-order valence-corrected chi connectivity index (χ3v) is 5.71. The van der Waals surface area contributed by atoms with Gasteiger partial charge in [0.2, 0.25) is 11.8 Å². The first-order valence-electron chi connectivity index (χ1n) is 11.0. The molecule has 2 N–H and O–H groups in total. The molecule has 170 valence electrons. The summed E-state index contributed by atoms with van der Waals surface area (Å²) >= 11 is 0. The van der Waals surface area contributed by atoms with Crippen molar-refractivity contribution >= 4 is 23.6 Å². The summed E-state index contributed by atoms with van der Waals surface area (Å²) in [5, 5.41) is 5.74. The van der Waals surface area contributed by atoms with Crippen LogP contribution in [0.3, 0.4) is 0 Å². The van der Waals surface area contributed by atoms with Gasteiger partial charge in [0.05, 0.1) is 6.04 Å². The quantitative estimate of drug-likeness (QED) is 0.748. The van der Waals surface area contributed by atoms with E-state index in [2.05, 4.69) is 15.5 Å². The fourth-order valence-electron chi connectivity index (χ4n) is 4.12. The first-order valence-corrected chi connectivity index (χ1v) is 11.0. The SMILES string of the molecule is CN1CCN(C(=O)CC[C@@H]2Cc3ccccc3NC2=O)[C@H](CNC(=O)OC(C)(C)C)C1. The molecule has 0 aromatic heterocycles. The number of amides is 3. The number of fused-ring (bicyclic) bond motifs is 1. The first-order chi connectivity index (χ1) is 14.6. The largest absolute Gasteiger partial charge is 0.444 e. The topological polar surface area (TPSA) is 91.0 Å². The van der Waals surface area contributed by atoms with Crippen LogP contribution in [0.1, 0.15) is 39.2 Å². The number of ether oxygens (including phenoxy) is 1. The van der Waals surface area contributed by atoms with Gasteiger partial charge >= 0.3 is 6.09 Å². The molecule has 1 saturated heterocycles. The summed E-state index contributed by atoms with van der Waals surface area (Å²) in [5.74, 6) is -0.201. The smallest absolute Gasteiger partial charge is 0.407 e. The van der Waals surface area contributed by atoms with Gasteiger partial charge in [0, 0.05) is 44.2 Å². The highest BCUT2D eigenvalue weighted by Gasteiger charge is 2.32. The van der Waals surface area contributed by atoms with Crippen LogP contribution in [0.2, 0.25) is 0 Å². The van der Waals surface area contributed by atoms with Gasteiger partial charge < -0.3 is 25.2 Å². The summed E-state index contributed by atoms with van der Waals surface area (Å²) in [4.78, 5) is 41.5. The Morgan fingerprint density at radius 2 is 1.97 bits per heavy atom. The number of nitrogens with zero attached hydrogens (tertiary/aromatic N) is 2. The lowest BCUT2D eigenvalue weighted by Gasteiger charge is -2.40. The Bertz CT molecular complexity index is 820. The lowest BCUT2D eigenvalue weighted by atomic mass is 9.89. The van der Waals surface area contributed by atoms with Gasteiger partial charge in [0.1, 0.15) is 5.60 Å². The van der Waals surface area contributed by atoms with Crippen LogP contribution >= 0.6 is 0 Å². The molecule has 2 aliphatic rings. The zero-order valence-corrected chi connectivity index (χ0v) is 18.9. The highest BCUT2D eigenvalue weighted by molar-refractivity contribution is 5.96. The van der Waals surface area contributed by atoms with Crippen molar-refractivity contribution in [2.45, 2.75) is 51.7 Å². The molecule has 8 nitrogen and oxygen atoms in total. The van der Waals surface area contributed by atoms with Crippen molar-refractivity contribution in [3.8, 4) is 0 Å². The van der Waals surface area contributed by atoms with Crippen LogP contribution in [0.4, 0.5) is 10.5 Å². The van der Waals surface area contributed by atoms with E-state index in [4.69, 9.17) is 4.74 Å². The summed E-state index contributed by atoms with van der Waals surface area (Å²) in [6.07, 6.45) is 0.997. The van der Waals surface area contributed by atoms with Crippen molar-refractivity contribution in [1.82, 2.24) is 15.1 Å². The second kappa shape index (κ2) is 9.68. The molecule has 0 unspecified atom stereocenters. The van der Waals surface area contributed by atoms with Crippen molar-refractivity contribution in [2.24, 2.45) is 5.92 Å². The molecule has 3 rings (SSSR count). The van der Waals surface area contributed by atoms with Crippen LogP contribution in [0.15, 0.2) is 24.3 Å². The Labute approximate surface area is 184 Å². The molecular formula is C23H34N4O4. The number of benzene rings is 1. The number of piperazine rings is 1. The fourth-order valence-corrected chi connectivity index (χ4v) is 4.12. The van der Waals surface area contributed by atoms with Crippen LogP contribution in [0, 0.1) is 5.92 Å². The van der Waals surface area contributed by atoms with Gasteiger partial charge in [-0.05, 0) is 52.3 Å². The van der Waals surface area contributed by atoms with Crippen molar-refractivity contribution < 1.29 is 19.1 Å². The maximum Gasteiger partial charge on any atom is 0.407 e. The fraction of sp³-hybridized carbons (Fsp3) is 0.609. The van der Waals surface area contributed by atoms with Gasteiger partial charge in [0.15, 0.2) is 0 Å². The Morgan fingerprint density at radius 1 is 1.23 bits per heavy atom. The number of rotatable bonds is 5. The number of carbonyl (C=O) groups excluding carboxylic acids is 3. The zero-order valence-electron chi connectivity index (χ0n) is 18.9. The molecule has 0 saturated carbocycles. The van der Waals surface area contributed by atoms with Gasteiger partial charge in [-0.25, -0.2) is 4.79 Å². The normalized spacial score (nSPS) is 21.8. The van der Waals surface area contributed by atoms with Crippen molar-refractivity contribution in [3.63, 3.8) is 0 Å². The monoisotopic (exact) mass is 430 g/mol. The third kappa shape index (κ3) is 6.43. The first kappa shape index (κ1) is 23.1. The van der Waals surface area contributed by atoms with Crippen LogP contribution in [0.5, 0.6) is 0 Å². The predicted molar refractivity (Wildman–Crippen MR) is 119 cm³/mol. The van der Waals surface area contributed by atoms with Crippen LogP contribution < -0.4 is 10.6 Å². The number of nitrogens with one attached hydrogen (secondary N) is 2. The standard InChI is InChI=1S/C23H34N4O4/c1-23(2,3)31-22(30)24-14-18-15-26(4)11-12-27(18)20(28)10-9-17-13-16-7-5-6-8-19(16)25-21(17)29/h5-8,17-18H,9-15H2,1-4H3,(H,24,30)(H,25,29)/t17-,18-/m1/s1. The summed E-state index contributed by atoms with van der Waals surface area (Å²) < 4.78 is 5.31. The molecule has 2 aliphatic heterocycles. The molecule has 0 spiro atoms. The Kier molecular flexibility index (Phi) is 7.20. The summed E-state index contributed by atoms with van der Waals surface area (Å²) in [7, 11) is 2.01. The van der Waals surface area contributed by atoms with Gasteiger partial charge in [-0.1, -0.05) is 18.2 Å². The van der Waals surface area contributed by atoms with Gasteiger partial charge in [0.25, 0.3) is 0 Å². The molecule has 1 aromatic carbocycles. The second-order valence-electron chi connectivity index (χ2n) is 9.47. The number of alkyl carbamates (subject to hydrolysis) is 1. The van der Waals surface area contributed by atoms with Crippen molar-refractivity contribution in [2.75, 3.05) is 38.5 Å². The van der Waals surface area contributed by atoms with Crippen molar-refractivity contribution in [3.05, 3.63) is 29.8 Å². The number of hydrogen-bond acceptors (Lipinski definition) is 5. The molecule has 0 aliphatic carbocycles. The lowest BCUT2D eigenvalue weighted by molar-refractivity contribution is -0.136. The van der Waals surface area contributed by atoms with Crippen LogP contribution in [-0.4, -0.2) is 72.6 Å². The molecule has 1 fully saturated rings. The average molecular weight is 431 g/mol. The number of carbonyl (C=O) groups is 3. The minimum Gasteiger partial charge on any atom is -0.444 e. The minimum atomic E-state index is -0.567. The molecule has 2 atom stereocenters. The van der Waals surface area contributed by atoms with Gasteiger partial charge in [-0.3, -0.25) is 9.59 Å². The lowest BCUT2D eigenvalue weighted by Crippen LogP contribution is -2.58. The number of para-hydroxylation sites is 1. The third-order valence-electron chi connectivity index (χ3n) is 5.71.